The SMILES string of the molecule is CC1CC(CN)CN1C(=O)[C@H]1CCCO1. The fourth-order valence-corrected chi connectivity index (χ4v) is 2.58. The van der Waals surface area contributed by atoms with Crippen molar-refractivity contribution >= 4 is 5.91 Å². The van der Waals surface area contributed by atoms with Crippen LogP contribution in [0, 0.1) is 5.92 Å². The molecule has 1 amide bonds. The van der Waals surface area contributed by atoms with Crippen molar-refractivity contribution in [2.24, 2.45) is 11.7 Å². The van der Waals surface area contributed by atoms with Gasteiger partial charge in [-0.25, -0.2) is 0 Å². The minimum atomic E-state index is -0.177. The van der Waals surface area contributed by atoms with Crippen LogP contribution < -0.4 is 5.73 Å². The van der Waals surface area contributed by atoms with E-state index < -0.39 is 0 Å². The van der Waals surface area contributed by atoms with Crippen LogP contribution in [0.5, 0.6) is 0 Å². The van der Waals surface area contributed by atoms with Crippen LogP contribution in [0.3, 0.4) is 0 Å². The van der Waals surface area contributed by atoms with Crippen LogP contribution in [0.15, 0.2) is 0 Å². The van der Waals surface area contributed by atoms with Crippen molar-refractivity contribution in [1.29, 1.82) is 0 Å². The van der Waals surface area contributed by atoms with E-state index in [-0.39, 0.29) is 12.0 Å². The molecule has 2 heterocycles. The summed E-state index contributed by atoms with van der Waals surface area (Å²) in [6.45, 7) is 4.33. The van der Waals surface area contributed by atoms with Crippen molar-refractivity contribution in [3.05, 3.63) is 0 Å². The van der Waals surface area contributed by atoms with Gasteiger partial charge in [-0.2, -0.15) is 0 Å². The standard InChI is InChI=1S/C11H20N2O2/c1-8-5-9(6-12)7-13(8)11(14)10-3-2-4-15-10/h8-10H,2-7,12H2,1H3/t8?,9?,10-/m1/s1. The Bertz CT molecular complexity index is 239. The number of hydrogen-bond donors (Lipinski definition) is 1. The Morgan fingerprint density at radius 1 is 1.60 bits per heavy atom. The highest BCUT2D eigenvalue weighted by Gasteiger charge is 2.36. The average Bonchev–Trinajstić information content (AvgIpc) is 2.85. The van der Waals surface area contributed by atoms with Gasteiger partial charge in [-0.1, -0.05) is 0 Å². The van der Waals surface area contributed by atoms with E-state index in [1.165, 1.54) is 0 Å². The third kappa shape index (κ3) is 2.16. The van der Waals surface area contributed by atoms with Gasteiger partial charge in [-0.3, -0.25) is 4.79 Å². The summed E-state index contributed by atoms with van der Waals surface area (Å²) in [5.74, 6) is 0.654. The largest absolute Gasteiger partial charge is 0.368 e. The van der Waals surface area contributed by atoms with Gasteiger partial charge in [-0.15, -0.1) is 0 Å². The minimum absolute atomic E-state index is 0.177. The molecule has 0 spiro atoms. The van der Waals surface area contributed by atoms with E-state index in [2.05, 4.69) is 6.92 Å². The zero-order valence-electron chi connectivity index (χ0n) is 9.32. The number of amides is 1. The molecule has 0 saturated carbocycles. The summed E-state index contributed by atoms with van der Waals surface area (Å²) in [5.41, 5.74) is 5.64. The molecule has 86 valence electrons. The van der Waals surface area contributed by atoms with Crippen molar-refractivity contribution in [2.45, 2.75) is 38.3 Å². The Morgan fingerprint density at radius 3 is 2.93 bits per heavy atom. The van der Waals surface area contributed by atoms with Crippen molar-refractivity contribution in [1.82, 2.24) is 4.90 Å². The van der Waals surface area contributed by atoms with Gasteiger partial charge in [0.2, 0.25) is 0 Å². The Balaban J connectivity index is 1.95. The summed E-state index contributed by atoms with van der Waals surface area (Å²) in [6, 6.07) is 0.329. The molecule has 2 saturated heterocycles. The van der Waals surface area contributed by atoms with Crippen molar-refractivity contribution < 1.29 is 9.53 Å². The fraction of sp³-hybridized carbons (Fsp3) is 0.909. The second kappa shape index (κ2) is 4.49. The number of carbonyl (C=O) groups excluding carboxylic acids is 1. The minimum Gasteiger partial charge on any atom is -0.368 e. The monoisotopic (exact) mass is 212 g/mol. The quantitative estimate of drug-likeness (QED) is 0.719. The lowest BCUT2D eigenvalue weighted by molar-refractivity contribution is -0.141. The molecule has 4 nitrogen and oxygen atoms in total. The molecule has 2 rings (SSSR count). The zero-order chi connectivity index (χ0) is 10.8. The molecule has 2 unspecified atom stereocenters. The maximum atomic E-state index is 12.1. The Kier molecular flexibility index (Phi) is 3.26. The summed E-state index contributed by atoms with van der Waals surface area (Å²) < 4.78 is 5.42. The summed E-state index contributed by atoms with van der Waals surface area (Å²) in [7, 11) is 0. The normalized spacial score (nSPS) is 36.1. The van der Waals surface area contributed by atoms with Crippen LogP contribution in [0.4, 0.5) is 0 Å². The first kappa shape index (κ1) is 10.9. The first-order valence-electron chi connectivity index (χ1n) is 5.84. The van der Waals surface area contributed by atoms with Crippen LogP contribution in [0.2, 0.25) is 0 Å². The van der Waals surface area contributed by atoms with E-state index >= 15 is 0 Å². The highest BCUT2D eigenvalue weighted by Crippen LogP contribution is 2.25. The van der Waals surface area contributed by atoms with Crippen LogP contribution in [-0.2, 0) is 9.53 Å². The van der Waals surface area contributed by atoms with Crippen LogP contribution in [-0.4, -0.2) is 42.6 Å². The smallest absolute Gasteiger partial charge is 0.251 e. The molecule has 3 atom stereocenters. The predicted octanol–water partition coefficient (Wildman–Crippen LogP) is 0.361. The molecule has 0 aromatic carbocycles. The second-order valence-corrected chi connectivity index (χ2v) is 4.68. The van der Waals surface area contributed by atoms with Gasteiger partial charge in [-0.05, 0) is 38.6 Å². The number of nitrogens with two attached hydrogens (primary N) is 1. The summed E-state index contributed by atoms with van der Waals surface area (Å²) in [4.78, 5) is 14.0. The molecule has 2 N–H and O–H groups in total. The topological polar surface area (TPSA) is 55.6 Å². The maximum absolute atomic E-state index is 12.1. The van der Waals surface area contributed by atoms with E-state index in [0.29, 0.717) is 18.5 Å². The van der Waals surface area contributed by atoms with Gasteiger partial charge in [0, 0.05) is 19.2 Å². The first-order valence-corrected chi connectivity index (χ1v) is 5.84. The number of likely N-dealkylation sites (tertiary alicyclic amines) is 1. The van der Waals surface area contributed by atoms with Gasteiger partial charge in [0.25, 0.3) is 5.91 Å². The van der Waals surface area contributed by atoms with Crippen molar-refractivity contribution in [3.8, 4) is 0 Å². The summed E-state index contributed by atoms with van der Waals surface area (Å²) in [6.07, 6.45) is 2.76. The zero-order valence-corrected chi connectivity index (χ0v) is 9.32. The van der Waals surface area contributed by atoms with Gasteiger partial charge in [0.05, 0.1) is 0 Å². The van der Waals surface area contributed by atoms with Crippen LogP contribution >= 0.6 is 0 Å². The number of carbonyl (C=O) groups is 1. The third-order valence-corrected chi connectivity index (χ3v) is 3.48. The van der Waals surface area contributed by atoms with E-state index in [1.807, 2.05) is 4.90 Å². The number of nitrogens with zero attached hydrogens (tertiary/aromatic N) is 1. The Morgan fingerprint density at radius 2 is 2.40 bits per heavy atom. The third-order valence-electron chi connectivity index (χ3n) is 3.48. The number of hydrogen-bond acceptors (Lipinski definition) is 3. The molecule has 0 aliphatic carbocycles. The Labute approximate surface area is 90.8 Å². The van der Waals surface area contributed by atoms with Crippen LogP contribution in [0.25, 0.3) is 0 Å². The molecule has 15 heavy (non-hydrogen) atoms. The van der Waals surface area contributed by atoms with Crippen molar-refractivity contribution in [2.75, 3.05) is 19.7 Å². The number of ether oxygens (including phenoxy) is 1. The molecule has 0 aromatic heterocycles. The van der Waals surface area contributed by atoms with E-state index in [0.717, 1.165) is 32.4 Å². The molecule has 0 aromatic rings. The van der Waals surface area contributed by atoms with Gasteiger partial charge < -0.3 is 15.4 Å². The average molecular weight is 212 g/mol. The van der Waals surface area contributed by atoms with Gasteiger partial charge in [0.1, 0.15) is 6.10 Å². The lowest BCUT2D eigenvalue weighted by Crippen LogP contribution is -2.41. The van der Waals surface area contributed by atoms with Gasteiger partial charge >= 0.3 is 0 Å². The lowest BCUT2D eigenvalue weighted by atomic mass is 10.1. The highest BCUT2D eigenvalue weighted by atomic mass is 16.5. The second-order valence-electron chi connectivity index (χ2n) is 4.68. The molecular formula is C11H20N2O2. The predicted molar refractivity (Wildman–Crippen MR) is 57.3 cm³/mol. The highest BCUT2D eigenvalue weighted by molar-refractivity contribution is 5.81. The molecule has 4 heteroatoms. The molecule has 2 aliphatic rings. The summed E-state index contributed by atoms with van der Waals surface area (Å²) >= 11 is 0. The molecular weight excluding hydrogens is 192 g/mol. The van der Waals surface area contributed by atoms with E-state index in [4.69, 9.17) is 10.5 Å². The molecule has 0 radical (unpaired) electrons. The lowest BCUT2D eigenvalue weighted by Gasteiger charge is -2.24. The number of rotatable bonds is 2. The van der Waals surface area contributed by atoms with E-state index in [1.54, 1.807) is 0 Å². The van der Waals surface area contributed by atoms with Crippen molar-refractivity contribution in [3.63, 3.8) is 0 Å². The maximum Gasteiger partial charge on any atom is 0.251 e. The fourth-order valence-electron chi connectivity index (χ4n) is 2.58. The van der Waals surface area contributed by atoms with E-state index in [9.17, 15) is 4.79 Å². The molecule has 0 bridgehead atoms. The Hall–Kier alpha value is -0.610. The molecule has 2 aliphatic heterocycles. The first-order chi connectivity index (χ1) is 7.22. The summed E-state index contributed by atoms with van der Waals surface area (Å²) in [5, 5.41) is 0. The van der Waals surface area contributed by atoms with Crippen LogP contribution in [0.1, 0.15) is 26.2 Å². The van der Waals surface area contributed by atoms with Gasteiger partial charge in [0.15, 0.2) is 0 Å². The molecule has 2 fully saturated rings.